The fourth-order valence-corrected chi connectivity index (χ4v) is 13.2. The molecule has 0 atom stereocenters. The average Bonchev–Trinajstić information content (AvgIpc) is 0.730. The SMILES string of the molecule is COC(=O)c1cc(OCc2ccccc2)c(OCc2ccccc2)c(OCc2ccccc2)c1Oc1cc(C(=O)OC)c(-c2c(C(=O)OC)cc(Oc3c(C(=O)OC)cc(OCc4ccccc4)c(OCc4ccccc4)c3OCc3ccccc3)c(OCc3ccccc3)c2OCc2ccccc2)c(OCc2ccccc2)c1OCc1ccccc1. The highest BCUT2D eigenvalue weighted by atomic mass is 16.6. The van der Waals surface area contributed by atoms with Crippen LogP contribution in [-0.2, 0) is 85.0 Å². The molecule has 0 aliphatic rings. The molecule has 614 valence electrons. The second-order valence-electron chi connectivity index (χ2n) is 27.6. The van der Waals surface area contributed by atoms with Gasteiger partial charge in [0.1, 0.15) is 77.2 Å². The molecule has 0 saturated heterocycles. The van der Waals surface area contributed by atoms with E-state index >= 15 is 19.2 Å². The van der Waals surface area contributed by atoms with E-state index in [2.05, 4.69) is 0 Å². The Morgan fingerprint density at radius 2 is 0.344 bits per heavy atom. The summed E-state index contributed by atoms with van der Waals surface area (Å²) in [6.07, 6.45) is 0. The first-order valence-electron chi connectivity index (χ1n) is 39.2. The molecule has 0 aliphatic heterocycles. The molecule has 0 unspecified atom stereocenters. The highest BCUT2D eigenvalue weighted by Crippen LogP contribution is 2.60. The molecule has 0 aliphatic carbocycles. The standard InChI is InChI=1S/C102H86O20/c1-107-99(103)79-55-85(121-89-81(101(105)109-3)57-83(111-59-69-35-15-5-16-36-69)91(113-61-71-39-19-7-20-40-71)97(89)119-67-77-51-31-13-32-52-77)93(115-63-73-43-23-9-24-44-73)95(117-65-75-47-27-11-28-48-75)87(79)88-80(100(104)108-2)56-86(94(116-64-74-45-25-10-26-46-74)96(88)118-66-76-49-29-12-30-50-76)122-90-82(102(106)110-4)58-84(112-60-70-37-17-6-18-38-70)92(114-62-72-41-21-8-22-42-72)98(90)120-68-78-53-33-14-34-54-78/h5-58H,59-68H2,1-4H3. The van der Waals surface area contributed by atoms with Crippen LogP contribution in [-0.4, -0.2) is 52.3 Å². The summed E-state index contributed by atoms with van der Waals surface area (Å²) in [4.78, 5) is 62.1. The van der Waals surface area contributed by atoms with Crippen LogP contribution in [0.3, 0.4) is 0 Å². The summed E-state index contributed by atoms with van der Waals surface area (Å²) in [5.74, 6) is -6.23. The molecule has 0 bridgehead atoms. The fraction of sp³-hybridized carbons (Fsp3) is 0.137. The van der Waals surface area contributed by atoms with Crippen LogP contribution in [0, 0.1) is 0 Å². The van der Waals surface area contributed by atoms with Crippen LogP contribution in [0.1, 0.15) is 97.1 Å². The van der Waals surface area contributed by atoms with Gasteiger partial charge in [0, 0.05) is 35.4 Å². The molecule has 0 amide bonds. The maximum absolute atomic E-state index is 16.0. The molecule has 0 heterocycles. The lowest BCUT2D eigenvalue weighted by Gasteiger charge is -2.27. The zero-order valence-electron chi connectivity index (χ0n) is 67.4. The van der Waals surface area contributed by atoms with Gasteiger partial charge in [-0.1, -0.05) is 303 Å². The van der Waals surface area contributed by atoms with E-state index in [1.54, 1.807) is 0 Å². The Labute approximate surface area is 706 Å². The minimum atomic E-state index is -1.04. The highest BCUT2D eigenvalue weighted by molar-refractivity contribution is 6.09. The molecular formula is C102H86O20. The molecule has 122 heavy (non-hydrogen) atoms. The van der Waals surface area contributed by atoms with Gasteiger partial charge in [-0.25, -0.2) is 19.2 Å². The molecule has 20 heteroatoms. The Kier molecular flexibility index (Phi) is 28.3. The van der Waals surface area contributed by atoms with Crippen molar-refractivity contribution in [1.82, 2.24) is 0 Å². The minimum absolute atomic E-state index is 0.00363. The summed E-state index contributed by atoms with van der Waals surface area (Å²) in [5, 5.41) is 0. The predicted molar refractivity (Wildman–Crippen MR) is 458 cm³/mol. The first-order chi connectivity index (χ1) is 60.0. The maximum Gasteiger partial charge on any atom is 0.341 e. The number of methoxy groups -OCH3 is 4. The van der Waals surface area contributed by atoms with Crippen LogP contribution in [0.2, 0.25) is 0 Å². The summed E-state index contributed by atoms with van der Waals surface area (Å²) >= 11 is 0. The zero-order valence-corrected chi connectivity index (χ0v) is 67.4. The number of hydrogen-bond acceptors (Lipinski definition) is 20. The quantitative estimate of drug-likeness (QED) is 0.0258. The van der Waals surface area contributed by atoms with Crippen molar-refractivity contribution in [2.45, 2.75) is 66.1 Å². The van der Waals surface area contributed by atoms with Crippen molar-refractivity contribution in [2.24, 2.45) is 0 Å². The lowest BCUT2D eigenvalue weighted by Crippen LogP contribution is -2.15. The van der Waals surface area contributed by atoms with Crippen LogP contribution in [0.4, 0.5) is 0 Å². The Morgan fingerprint density at radius 1 is 0.180 bits per heavy atom. The first kappa shape index (κ1) is 83.1. The third kappa shape index (κ3) is 21.1. The highest BCUT2D eigenvalue weighted by Gasteiger charge is 2.39. The van der Waals surface area contributed by atoms with Crippen molar-refractivity contribution in [3.63, 3.8) is 0 Å². The van der Waals surface area contributed by atoms with Crippen LogP contribution < -0.4 is 56.8 Å². The molecule has 0 N–H and O–H groups in total. The van der Waals surface area contributed by atoms with Gasteiger partial charge in [-0.05, 0) is 55.6 Å². The summed E-state index contributed by atoms with van der Waals surface area (Å²) < 4.78 is 108. The topological polar surface area (TPSA) is 216 Å². The Hall–Kier alpha value is -15.4. The third-order valence-electron chi connectivity index (χ3n) is 19.3. The molecule has 14 aromatic carbocycles. The van der Waals surface area contributed by atoms with Gasteiger partial charge in [0.25, 0.3) is 0 Å². The fourth-order valence-electron chi connectivity index (χ4n) is 13.2. The largest absolute Gasteiger partial charge is 0.485 e. The molecule has 0 fully saturated rings. The van der Waals surface area contributed by atoms with E-state index in [1.807, 2.05) is 303 Å². The van der Waals surface area contributed by atoms with Crippen molar-refractivity contribution in [2.75, 3.05) is 28.4 Å². The second kappa shape index (κ2) is 41.6. The number of hydrogen-bond donors (Lipinski definition) is 0. The van der Waals surface area contributed by atoms with E-state index in [-0.39, 0.29) is 180 Å². The van der Waals surface area contributed by atoms with Crippen molar-refractivity contribution in [1.29, 1.82) is 0 Å². The summed E-state index contributed by atoms with van der Waals surface area (Å²) in [7, 11) is 4.79. The maximum atomic E-state index is 16.0. The van der Waals surface area contributed by atoms with Crippen molar-refractivity contribution in [3.05, 3.63) is 405 Å². The first-order valence-corrected chi connectivity index (χ1v) is 39.2. The van der Waals surface area contributed by atoms with Crippen molar-refractivity contribution in [3.8, 4) is 91.6 Å². The van der Waals surface area contributed by atoms with E-state index in [9.17, 15) is 0 Å². The summed E-state index contributed by atoms with van der Waals surface area (Å²) in [6, 6.07) is 98.6. The van der Waals surface area contributed by atoms with Crippen LogP contribution in [0.25, 0.3) is 11.1 Å². The molecule has 0 spiro atoms. The summed E-state index contributed by atoms with van der Waals surface area (Å²) in [6.45, 7) is -1.31. The van der Waals surface area contributed by atoms with Gasteiger partial charge >= 0.3 is 23.9 Å². The second-order valence-corrected chi connectivity index (χ2v) is 27.6. The Morgan fingerprint density at radius 3 is 0.549 bits per heavy atom. The van der Waals surface area contributed by atoms with Crippen molar-refractivity contribution < 1.29 is 95.0 Å². The van der Waals surface area contributed by atoms with Gasteiger partial charge in [-0.15, -0.1) is 0 Å². The van der Waals surface area contributed by atoms with Gasteiger partial charge in [0.2, 0.25) is 34.5 Å². The Bertz CT molecular complexity index is 5450. The number of carbonyl (C=O) groups is 4. The van der Waals surface area contributed by atoms with Crippen LogP contribution in [0.15, 0.2) is 328 Å². The monoisotopic (exact) mass is 1630 g/mol. The minimum Gasteiger partial charge on any atom is -0.485 e. The molecule has 0 aromatic heterocycles. The lowest BCUT2D eigenvalue weighted by atomic mass is 9.91. The molecule has 14 rings (SSSR count). The molecule has 14 aromatic rings. The van der Waals surface area contributed by atoms with Gasteiger partial charge < -0.3 is 75.8 Å². The molecule has 20 nitrogen and oxygen atoms in total. The zero-order chi connectivity index (χ0) is 84.2. The van der Waals surface area contributed by atoms with Gasteiger partial charge in [0.15, 0.2) is 46.0 Å². The number of ether oxygens (including phenoxy) is 16. The van der Waals surface area contributed by atoms with Gasteiger partial charge in [-0.3, -0.25) is 0 Å². The number of esters is 4. The van der Waals surface area contributed by atoms with Gasteiger partial charge in [0.05, 0.1) is 39.6 Å². The third-order valence-corrected chi connectivity index (χ3v) is 19.3. The number of benzene rings is 14. The van der Waals surface area contributed by atoms with E-state index in [0.717, 1.165) is 22.3 Å². The predicted octanol–water partition coefficient (Wildman–Crippen LogP) is 21.9. The van der Waals surface area contributed by atoms with E-state index < -0.39 is 23.9 Å². The van der Waals surface area contributed by atoms with E-state index in [4.69, 9.17) is 75.8 Å². The van der Waals surface area contributed by atoms with Crippen LogP contribution >= 0.6 is 0 Å². The van der Waals surface area contributed by atoms with Gasteiger partial charge in [-0.2, -0.15) is 0 Å². The normalized spacial score (nSPS) is 10.8. The number of rotatable bonds is 39. The van der Waals surface area contributed by atoms with Crippen molar-refractivity contribution >= 4 is 23.9 Å². The molecule has 0 saturated carbocycles. The van der Waals surface area contributed by atoms with E-state index in [1.165, 1.54) is 52.7 Å². The smallest absolute Gasteiger partial charge is 0.341 e. The lowest BCUT2D eigenvalue weighted by molar-refractivity contribution is 0.0586. The molecule has 0 radical (unpaired) electrons. The number of carbonyl (C=O) groups excluding carboxylic acids is 4. The van der Waals surface area contributed by atoms with E-state index in [0.29, 0.717) is 33.4 Å². The average molecular weight is 1630 g/mol. The van der Waals surface area contributed by atoms with Crippen LogP contribution in [0.5, 0.6) is 80.5 Å². The summed E-state index contributed by atoms with van der Waals surface area (Å²) in [5.41, 5.74) is 5.42. The Balaban J connectivity index is 1.08. The molecular weight excluding hydrogens is 1550 g/mol.